The number of furan rings is 1. The van der Waals surface area contributed by atoms with Crippen LogP contribution in [0.25, 0.3) is 6.08 Å². The number of hydrogen-bond acceptors (Lipinski definition) is 5. The molecule has 0 radical (unpaired) electrons. The number of nitrogens with zero attached hydrogens (tertiary/aromatic N) is 2. The van der Waals surface area contributed by atoms with E-state index in [2.05, 4.69) is 4.99 Å². The molecule has 7 heteroatoms. The van der Waals surface area contributed by atoms with Crippen molar-refractivity contribution in [2.45, 2.75) is 0 Å². The van der Waals surface area contributed by atoms with Gasteiger partial charge in [-0.25, -0.2) is 4.79 Å². The summed E-state index contributed by atoms with van der Waals surface area (Å²) in [6.07, 6.45) is 3.13. The number of amides is 1. The van der Waals surface area contributed by atoms with Crippen molar-refractivity contribution in [1.82, 2.24) is 0 Å². The molecule has 0 saturated carbocycles. The van der Waals surface area contributed by atoms with Crippen LogP contribution in [-0.4, -0.2) is 29.2 Å². The summed E-state index contributed by atoms with van der Waals surface area (Å²) >= 11 is 1.17. The molecule has 2 heterocycles. The molecule has 1 aliphatic rings. The lowest BCUT2D eigenvalue weighted by atomic mass is 10.1. The van der Waals surface area contributed by atoms with Gasteiger partial charge in [-0.3, -0.25) is 4.79 Å². The Bertz CT molecular complexity index is 824. The van der Waals surface area contributed by atoms with Crippen LogP contribution in [0.5, 0.6) is 0 Å². The second kappa shape index (κ2) is 6.13. The minimum atomic E-state index is -1.03. The standard InChI is InChI=1S/C16H12N2O4S/c1-18(12-7-3-2-6-11(12)15(20)21)16-17-14(19)13(23-16)9-10-5-4-8-22-10/h2-9H,1H3,(H,20,21)/b13-9+. The summed E-state index contributed by atoms with van der Waals surface area (Å²) in [5.41, 5.74) is 0.618. The number of carbonyl (C=O) groups excluding carboxylic acids is 1. The average molecular weight is 328 g/mol. The highest BCUT2D eigenvalue weighted by molar-refractivity contribution is 8.18. The Balaban J connectivity index is 1.88. The molecule has 1 aromatic carbocycles. The second-order valence-corrected chi connectivity index (χ2v) is 5.72. The molecule has 1 aliphatic heterocycles. The maximum absolute atomic E-state index is 12.0. The van der Waals surface area contributed by atoms with E-state index >= 15 is 0 Å². The quantitative estimate of drug-likeness (QED) is 0.872. The first kappa shape index (κ1) is 15.1. The SMILES string of the molecule is CN(C1=NC(=O)/C(=C\c2ccco2)S1)c1ccccc1C(=O)O. The van der Waals surface area contributed by atoms with E-state index < -0.39 is 5.97 Å². The summed E-state index contributed by atoms with van der Waals surface area (Å²) in [6.45, 7) is 0. The highest BCUT2D eigenvalue weighted by Gasteiger charge is 2.27. The first-order chi connectivity index (χ1) is 11.1. The van der Waals surface area contributed by atoms with Crippen LogP contribution in [0.1, 0.15) is 16.1 Å². The third kappa shape index (κ3) is 3.04. The fourth-order valence-corrected chi connectivity index (χ4v) is 2.96. The number of aromatic carboxylic acids is 1. The van der Waals surface area contributed by atoms with E-state index in [0.717, 1.165) is 0 Å². The van der Waals surface area contributed by atoms with Gasteiger partial charge in [-0.1, -0.05) is 12.1 Å². The third-order valence-electron chi connectivity index (χ3n) is 3.21. The van der Waals surface area contributed by atoms with Gasteiger partial charge in [-0.05, 0) is 36.0 Å². The smallest absolute Gasteiger partial charge is 0.337 e. The van der Waals surface area contributed by atoms with Crippen molar-refractivity contribution in [3.8, 4) is 0 Å². The number of aliphatic imine (C=N–C) groups is 1. The second-order valence-electron chi connectivity index (χ2n) is 4.71. The molecule has 2 aromatic rings. The maximum atomic E-state index is 12.0. The summed E-state index contributed by atoms with van der Waals surface area (Å²) in [5, 5.41) is 9.69. The van der Waals surface area contributed by atoms with Gasteiger partial charge < -0.3 is 14.4 Å². The van der Waals surface area contributed by atoms with E-state index in [1.165, 1.54) is 24.1 Å². The predicted molar refractivity (Wildman–Crippen MR) is 88.5 cm³/mol. The van der Waals surface area contributed by atoms with Crippen molar-refractivity contribution in [1.29, 1.82) is 0 Å². The lowest BCUT2D eigenvalue weighted by Gasteiger charge is -2.19. The number of carbonyl (C=O) groups is 2. The molecule has 1 aromatic heterocycles. The van der Waals surface area contributed by atoms with Gasteiger partial charge in [0.25, 0.3) is 5.91 Å². The zero-order valence-electron chi connectivity index (χ0n) is 12.1. The van der Waals surface area contributed by atoms with E-state index in [1.54, 1.807) is 48.4 Å². The largest absolute Gasteiger partial charge is 0.478 e. The number of para-hydroxylation sites is 1. The Morgan fingerprint density at radius 1 is 1.30 bits per heavy atom. The number of rotatable bonds is 3. The van der Waals surface area contributed by atoms with E-state index in [0.29, 0.717) is 21.5 Å². The molecule has 0 fully saturated rings. The first-order valence-electron chi connectivity index (χ1n) is 6.68. The Labute approximate surface area is 136 Å². The molecule has 0 aliphatic carbocycles. The summed E-state index contributed by atoms with van der Waals surface area (Å²) in [7, 11) is 1.68. The maximum Gasteiger partial charge on any atom is 0.337 e. The van der Waals surface area contributed by atoms with Crippen LogP contribution in [0, 0.1) is 0 Å². The van der Waals surface area contributed by atoms with Gasteiger partial charge >= 0.3 is 5.97 Å². The summed E-state index contributed by atoms with van der Waals surface area (Å²) in [5.74, 6) is -0.847. The minimum absolute atomic E-state index is 0.147. The van der Waals surface area contributed by atoms with Crippen LogP contribution in [0.2, 0.25) is 0 Å². The summed E-state index contributed by atoms with van der Waals surface area (Å²) in [6, 6.07) is 10.0. The molecule has 23 heavy (non-hydrogen) atoms. The van der Waals surface area contributed by atoms with Crippen LogP contribution >= 0.6 is 11.8 Å². The van der Waals surface area contributed by atoms with Gasteiger partial charge in [0.15, 0.2) is 5.17 Å². The number of carboxylic acids is 1. The van der Waals surface area contributed by atoms with E-state index in [-0.39, 0.29) is 11.5 Å². The van der Waals surface area contributed by atoms with E-state index in [4.69, 9.17) is 4.42 Å². The van der Waals surface area contributed by atoms with Crippen molar-refractivity contribution in [3.05, 3.63) is 58.9 Å². The number of amidine groups is 1. The van der Waals surface area contributed by atoms with Gasteiger partial charge in [-0.2, -0.15) is 4.99 Å². The molecule has 0 spiro atoms. The molecule has 1 amide bonds. The number of carboxylic acid groups (broad SMARTS) is 1. The molecule has 1 N–H and O–H groups in total. The topological polar surface area (TPSA) is 83.1 Å². The number of hydrogen-bond donors (Lipinski definition) is 1. The molecule has 116 valence electrons. The average Bonchev–Trinajstić information content (AvgIpc) is 3.17. The van der Waals surface area contributed by atoms with Crippen molar-refractivity contribution in [3.63, 3.8) is 0 Å². The zero-order valence-corrected chi connectivity index (χ0v) is 12.9. The first-order valence-corrected chi connectivity index (χ1v) is 7.50. The number of thioether (sulfide) groups is 1. The Kier molecular flexibility index (Phi) is 4.03. The monoisotopic (exact) mass is 328 g/mol. The van der Waals surface area contributed by atoms with Crippen LogP contribution in [0.3, 0.4) is 0 Å². The minimum Gasteiger partial charge on any atom is -0.478 e. The van der Waals surface area contributed by atoms with Crippen LogP contribution in [0.4, 0.5) is 5.69 Å². The van der Waals surface area contributed by atoms with Gasteiger partial charge in [-0.15, -0.1) is 0 Å². The van der Waals surface area contributed by atoms with Crippen LogP contribution < -0.4 is 4.90 Å². The van der Waals surface area contributed by atoms with Crippen molar-refractivity contribution < 1.29 is 19.1 Å². The Morgan fingerprint density at radius 3 is 2.78 bits per heavy atom. The van der Waals surface area contributed by atoms with E-state index in [9.17, 15) is 14.7 Å². The zero-order chi connectivity index (χ0) is 16.4. The normalized spacial score (nSPS) is 15.8. The highest BCUT2D eigenvalue weighted by atomic mass is 32.2. The molecule has 0 bridgehead atoms. The fourth-order valence-electron chi connectivity index (χ4n) is 2.09. The molecule has 0 unspecified atom stereocenters. The lowest BCUT2D eigenvalue weighted by molar-refractivity contribution is -0.113. The Hall–Kier alpha value is -2.80. The predicted octanol–water partition coefficient (Wildman–Crippen LogP) is 3.08. The molecule has 6 nitrogen and oxygen atoms in total. The Morgan fingerprint density at radius 2 is 2.09 bits per heavy atom. The van der Waals surface area contributed by atoms with Gasteiger partial charge in [0, 0.05) is 13.1 Å². The molecule has 0 atom stereocenters. The van der Waals surface area contributed by atoms with Crippen molar-refractivity contribution >= 4 is 40.6 Å². The van der Waals surface area contributed by atoms with Gasteiger partial charge in [0.2, 0.25) is 0 Å². The third-order valence-corrected chi connectivity index (χ3v) is 4.27. The van der Waals surface area contributed by atoms with Crippen LogP contribution in [0.15, 0.2) is 57.0 Å². The highest BCUT2D eigenvalue weighted by Crippen LogP contribution is 2.32. The summed E-state index contributed by atoms with van der Waals surface area (Å²) < 4.78 is 5.19. The van der Waals surface area contributed by atoms with Gasteiger partial charge in [0.1, 0.15) is 5.76 Å². The van der Waals surface area contributed by atoms with E-state index in [1.807, 2.05) is 0 Å². The fraction of sp³-hybridized carbons (Fsp3) is 0.0625. The lowest BCUT2D eigenvalue weighted by Crippen LogP contribution is -2.24. The van der Waals surface area contributed by atoms with Crippen molar-refractivity contribution in [2.75, 3.05) is 11.9 Å². The molecular formula is C16H12N2O4S. The number of anilines is 1. The van der Waals surface area contributed by atoms with Crippen molar-refractivity contribution in [2.24, 2.45) is 4.99 Å². The number of benzene rings is 1. The molecule has 3 rings (SSSR count). The van der Waals surface area contributed by atoms with Crippen LogP contribution in [-0.2, 0) is 4.79 Å². The van der Waals surface area contributed by atoms with Gasteiger partial charge in [0.05, 0.1) is 22.4 Å². The molecule has 0 saturated heterocycles. The summed E-state index contributed by atoms with van der Waals surface area (Å²) in [4.78, 5) is 29.3. The molecular weight excluding hydrogens is 316 g/mol.